The van der Waals surface area contributed by atoms with Crippen LogP contribution in [0.15, 0.2) is 12.1 Å². The Labute approximate surface area is 200 Å². The highest BCUT2D eigenvalue weighted by molar-refractivity contribution is 5.70. The highest BCUT2D eigenvalue weighted by Gasteiger charge is 2.33. The SMILES string of the molecule is CC(=O)Oc1cc(C)c2c(c1)CC[C@](C)(CC[C@H](C)CCC[C@@H](CCCC(C)C)C(=O)O)O2. The minimum atomic E-state index is -0.638. The Morgan fingerprint density at radius 2 is 1.76 bits per heavy atom. The van der Waals surface area contributed by atoms with Crippen LogP contribution in [0.25, 0.3) is 0 Å². The second-order valence-electron chi connectivity index (χ2n) is 10.8. The molecule has 2 rings (SSSR count). The van der Waals surface area contributed by atoms with Crippen LogP contribution >= 0.6 is 0 Å². The summed E-state index contributed by atoms with van der Waals surface area (Å²) in [6.45, 7) is 12.3. The Bertz CT molecular complexity index is 800. The number of benzene rings is 1. The van der Waals surface area contributed by atoms with Crippen LogP contribution in [-0.2, 0) is 16.0 Å². The van der Waals surface area contributed by atoms with Crippen molar-refractivity contribution in [3.05, 3.63) is 23.3 Å². The van der Waals surface area contributed by atoms with Gasteiger partial charge in [-0.2, -0.15) is 0 Å². The number of esters is 1. The molecule has 0 fully saturated rings. The van der Waals surface area contributed by atoms with Gasteiger partial charge in [0.05, 0.1) is 5.92 Å². The summed E-state index contributed by atoms with van der Waals surface area (Å²) in [5.41, 5.74) is 1.91. The molecule has 0 amide bonds. The van der Waals surface area contributed by atoms with Gasteiger partial charge in [0.25, 0.3) is 0 Å². The predicted molar refractivity (Wildman–Crippen MR) is 132 cm³/mol. The van der Waals surface area contributed by atoms with Crippen LogP contribution in [-0.4, -0.2) is 22.6 Å². The van der Waals surface area contributed by atoms with Crippen LogP contribution in [0.5, 0.6) is 11.5 Å². The van der Waals surface area contributed by atoms with Crippen molar-refractivity contribution >= 4 is 11.9 Å². The van der Waals surface area contributed by atoms with Crippen LogP contribution in [0.2, 0.25) is 0 Å². The first-order valence-corrected chi connectivity index (χ1v) is 12.7. The number of aryl methyl sites for hydroxylation is 2. The zero-order valence-electron chi connectivity index (χ0n) is 21.5. The van der Waals surface area contributed by atoms with Gasteiger partial charge in [0, 0.05) is 6.92 Å². The number of fused-ring (bicyclic) bond motifs is 1. The van der Waals surface area contributed by atoms with Crippen LogP contribution in [0, 0.1) is 24.7 Å². The summed E-state index contributed by atoms with van der Waals surface area (Å²) >= 11 is 0. The summed E-state index contributed by atoms with van der Waals surface area (Å²) in [4.78, 5) is 22.9. The second kappa shape index (κ2) is 12.4. The van der Waals surface area contributed by atoms with Crippen molar-refractivity contribution in [2.24, 2.45) is 17.8 Å². The number of rotatable bonds is 13. The number of hydrogen-bond acceptors (Lipinski definition) is 4. The predicted octanol–water partition coefficient (Wildman–Crippen LogP) is 7.12. The minimum Gasteiger partial charge on any atom is -0.487 e. The molecule has 1 aromatic carbocycles. The van der Waals surface area contributed by atoms with Gasteiger partial charge in [0.15, 0.2) is 0 Å². The van der Waals surface area contributed by atoms with Crippen LogP contribution in [0.1, 0.15) is 104 Å². The molecule has 1 heterocycles. The molecule has 0 spiro atoms. The maximum atomic E-state index is 11.6. The van der Waals surface area contributed by atoms with E-state index in [0.717, 1.165) is 81.1 Å². The molecule has 0 radical (unpaired) electrons. The van der Waals surface area contributed by atoms with Crippen molar-refractivity contribution in [3.63, 3.8) is 0 Å². The van der Waals surface area contributed by atoms with Crippen molar-refractivity contribution in [1.29, 1.82) is 0 Å². The fourth-order valence-electron chi connectivity index (χ4n) is 4.81. The van der Waals surface area contributed by atoms with Crippen LogP contribution in [0.4, 0.5) is 0 Å². The molecule has 5 nitrogen and oxygen atoms in total. The van der Waals surface area contributed by atoms with Gasteiger partial charge in [0.2, 0.25) is 0 Å². The standard InChI is InChI=1S/C28H44O5/c1-19(2)9-7-11-23(27(30)31)12-8-10-20(3)13-15-28(6)16-14-24-18-25(32-22(5)29)17-21(4)26(24)33-28/h17-20,23H,7-16H2,1-6H3,(H,30,31)/t20-,23-,28+/m1/s1. The van der Waals surface area contributed by atoms with Crippen molar-refractivity contribution in [1.82, 2.24) is 0 Å². The van der Waals surface area contributed by atoms with E-state index in [-0.39, 0.29) is 17.5 Å². The lowest BCUT2D eigenvalue weighted by Crippen LogP contribution is -2.37. The number of carbonyl (C=O) groups is 2. The molecule has 1 N–H and O–H groups in total. The van der Waals surface area contributed by atoms with E-state index in [9.17, 15) is 14.7 Å². The number of aliphatic carboxylic acids is 1. The Hall–Kier alpha value is -2.04. The van der Waals surface area contributed by atoms with Gasteiger partial charge in [-0.05, 0) is 87.5 Å². The molecule has 0 saturated carbocycles. The second-order valence-corrected chi connectivity index (χ2v) is 10.8. The summed E-state index contributed by atoms with van der Waals surface area (Å²) < 4.78 is 11.7. The van der Waals surface area contributed by atoms with Gasteiger partial charge in [0.1, 0.15) is 17.1 Å². The van der Waals surface area contributed by atoms with Gasteiger partial charge in [-0.1, -0.05) is 46.5 Å². The minimum absolute atomic E-state index is 0.199. The van der Waals surface area contributed by atoms with E-state index < -0.39 is 5.97 Å². The summed E-state index contributed by atoms with van der Waals surface area (Å²) in [7, 11) is 0. The van der Waals surface area contributed by atoms with E-state index in [1.54, 1.807) is 0 Å². The van der Waals surface area contributed by atoms with Crippen molar-refractivity contribution in [2.75, 3.05) is 0 Å². The number of hydrogen-bond donors (Lipinski definition) is 1. The molecule has 0 bridgehead atoms. The van der Waals surface area contributed by atoms with E-state index in [2.05, 4.69) is 27.7 Å². The number of carbonyl (C=O) groups excluding carboxylic acids is 1. The zero-order valence-corrected chi connectivity index (χ0v) is 21.5. The van der Waals surface area contributed by atoms with Gasteiger partial charge in [-0.15, -0.1) is 0 Å². The van der Waals surface area contributed by atoms with E-state index in [0.29, 0.717) is 17.6 Å². The van der Waals surface area contributed by atoms with Gasteiger partial charge < -0.3 is 14.6 Å². The molecule has 0 aliphatic carbocycles. The molecular weight excluding hydrogens is 416 g/mol. The van der Waals surface area contributed by atoms with Crippen molar-refractivity contribution in [2.45, 2.75) is 111 Å². The average Bonchev–Trinajstić information content (AvgIpc) is 2.71. The first-order valence-electron chi connectivity index (χ1n) is 12.7. The third-order valence-corrected chi connectivity index (χ3v) is 6.96. The largest absolute Gasteiger partial charge is 0.487 e. The Balaban J connectivity index is 1.81. The number of carboxylic acid groups (broad SMARTS) is 1. The number of carboxylic acids is 1. The van der Waals surface area contributed by atoms with E-state index in [1.165, 1.54) is 6.92 Å². The zero-order chi connectivity index (χ0) is 24.6. The van der Waals surface area contributed by atoms with Crippen LogP contribution < -0.4 is 9.47 Å². The molecule has 1 aliphatic heterocycles. The van der Waals surface area contributed by atoms with Gasteiger partial charge in [-0.3, -0.25) is 9.59 Å². The third kappa shape index (κ3) is 9.02. The molecule has 1 aliphatic rings. The topological polar surface area (TPSA) is 72.8 Å². The van der Waals surface area contributed by atoms with Gasteiger partial charge >= 0.3 is 11.9 Å². The normalized spacial score (nSPS) is 19.5. The first kappa shape index (κ1) is 27.2. The molecule has 5 heteroatoms. The van der Waals surface area contributed by atoms with Crippen LogP contribution in [0.3, 0.4) is 0 Å². The molecule has 186 valence electrons. The lowest BCUT2D eigenvalue weighted by Gasteiger charge is -2.37. The smallest absolute Gasteiger partial charge is 0.308 e. The maximum absolute atomic E-state index is 11.6. The van der Waals surface area contributed by atoms with E-state index >= 15 is 0 Å². The molecular formula is C28H44O5. The Kier molecular flexibility index (Phi) is 10.2. The molecule has 1 aromatic rings. The maximum Gasteiger partial charge on any atom is 0.308 e. The Morgan fingerprint density at radius 1 is 1.09 bits per heavy atom. The monoisotopic (exact) mass is 460 g/mol. The molecule has 33 heavy (non-hydrogen) atoms. The summed E-state index contributed by atoms with van der Waals surface area (Å²) in [5, 5.41) is 9.53. The molecule has 0 aromatic heterocycles. The van der Waals surface area contributed by atoms with Crippen molar-refractivity contribution in [3.8, 4) is 11.5 Å². The lowest BCUT2D eigenvalue weighted by atomic mass is 9.84. The fraction of sp³-hybridized carbons (Fsp3) is 0.714. The number of ether oxygens (including phenoxy) is 2. The molecule has 0 unspecified atom stereocenters. The molecule has 3 atom stereocenters. The van der Waals surface area contributed by atoms with Crippen molar-refractivity contribution < 1.29 is 24.2 Å². The average molecular weight is 461 g/mol. The summed E-state index contributed by atoms with van der Waals surface area (Å²) in [6.07, 6.45) is 9.62. The third-order valence-electron chi connectivity index (χ3n) is 6.96. The summed E-state index contributed by atoms with van der Waals surface area (Å²) in [6, 6.07) is 3.79. The quantitative estimate of drug-likeness (QED) is 0.251. The first-order chi connectivity index (χ1) is 15.5. The molecule has 0 saturated heterocycles. The summed E-state index contributed by atoms with van der Waals surface area (Å²) in [5.74, 6) is 1.54. The highest BCUT2D eigenvalue weighted by atomic mass is 16.5. The van der Waals surface area contributed by atoms with E-state index in [1.807, 2.05) is 19.1 Å². The highest BCUT2D eigenvalue weighted by Crippen LogP contribution is 2.40. The fourth-order valence-corrected chi connectivity index (χ4v) is 4.81. The Morgan fingerprint density at radius 3 is 2.36 bits per heavy atom. The lowest BCUT2D eigenvalue weighted by molar-refractivity contribution is -0.142. The van der Waals surface area contributed by atoms with E-state index in [4.69, 9.17) is 9.47 Å². The van der Waals surface area contributed by atoms with Gasteiger partial charge in [-0.25, -0.2) is 0 Å².